The molecule has 0 radical (unpaired) electrons. The summed E-state index contributed by atoms with van der Waals surface area (Å²) in [5, 5.41) is 24.1. The van der Waals surface area contributed by atoms with Crippen LogP contribution in [0.1, 0.15) is 23.6 Å². The standard InChI is InChI=1S/C27H22N4O3/c32-23-15-14-18-8-4-5-11-20(18)25(23)26(19-9-2-1-3-10-19)28-24(33)16-17-31-27(34)21-12-6-7-13-22(21)29-30-31/h1-15,26,32H,16-17H2,(H,28,33). The lowest BCUT2D eigenvalue weighted by atomic mass is 9.92. The number of carbonyl (C=O) groups excluding carboxylic acids is 1. The predicted octanol–water partition coefficient (Wildman–Crippen LogP) is 3.95. The normalized spacial score (nSPS) is 12.0. The molecule has 1 heterocycles. The molecule has 7 heteroatoms. The van der Waals surface area contributed by atoms with Crippen LogP contribution in [0.15, 0.2) is 95.8 Å². The number of benzene rings is 4. The number of carbonyl (C=O) groups is 1. The number of hydrogen-bond acceptors (Lipinski definition) is 5. The fourth-order valence-corrected chi connectivity index (χ4v) is 4.17. The minimum Gasteiger partial charge on any atom is -0.508 e. The van der Waals surface area contributed by atoms with E-state index >= 15 is 0 Å². The van der Waals surface area contributed by atoms with Crippen molar-refractivity contribution in [1.29, 1.82) is 0 Å². The maximum atomic E-state index is 13.0. The molecule has 1 amide bonds. The van der Waals surface area contributed by atoms with Crippen molar-refractivity contribution in [1.82, 2.24) is 20.3 Å². The van der Waals surface area contributed by atoms with E-state index in [0.29, 0.717) is 16.5 Å². The second-order valence-corrected chi connectivity index (χ2v) is 8.02. The van der Waals surface area contributed by atoms with Crippen LogP contribution in [0.4, 0.5) is 0 Å². The van der Waals surface area contributed by atoms with E-state index < -0.39 is 6.04 Å². The van der Waals surface area contributed by atoms with Crippen molar-refractivity contribution in [2.24, 2.45) is 0 Å². The van der Waals surface area contributed by atoms with E-state index in [1.807, 2.05) is 60.7 Å². The Hall–Kier alpha value is -4.52. The molecule has 1 unspecified atom stereocenters. The van der Waals surface area contributed by atoms with Crippen LogP contribution in [0, 0.1) is 0 Å². The third-order valence-corrected chi connectivity index (χ3v) is 5.85. The third kappa shape index (κ3) is 4.11. The van der Waals surface area contributed by atoms with Crippen LogP contribution in [0.25, 0.3) is 21.7 Å². The SMILES string of the molecule is O=C(CCn1nnc2ccccc2c1=O)NC(c1ccccc1)c1c(O)ccc2ccccc12. The number of aromatic hydroxyl groups is 1. The minimum atomic E-state index is -0.570. The highest BCUT2D eigenvalue weighted by Crippen LogP contribution is 2.35. The van der Waals surface area contributed by atoms with Crippen molar-refractivity contribution < 1.29 is 9.90 Å². The molecule has 34 heavy (non-hydrogen) atoms. The molecule has 0 spiro atoms. The fourth-order valence-electron chi connectivity index (χ4n) is 4.17. The molecule has 2 N–H and O–H groups in total. The summed E-state index contributed by atoms with van der Waals surface area (Å²) in [6.45, 7) is 0.0888. The first-order valence-electron chi connectivity index (χ1n) is 11.0. The smallest absolute Gasteiger partial charge is 0.277 e. The average Bonchev–Trinajstić information content (AvgIpc) is 2.88. The monoisotopic (exact) mass is 450 g/mol. The van der Waals surface area contributed by atoms with Crippen molar-refractivity contribution in [3.63, 3.8) is 0 Å². The van der Waals surface area contributed by atoms with Crippen molar-refractivity contribution in [2.45, 2.75) is 19.0 Å². The molecular formula is C27H22N4O3. The maximum Gasteiger partial charge on any atom is 0.277 e. The van der Waals surface area contributed by atoms with Gasteiger partial charge in [0.2, 0.25) is 5.91 Å². The number of aryl methyl sites for hydroxylation is 1. The van der Waals surface area contributed by atoms with Gasteiger partial charge < -0.3 is 10.4 Å². The topological polar surface area (TPSA) is 97.1 Å². The van der Waals surface area contributed by atoms with Gasteiger partial charge in [0, 0.05) is 12.0 Å². The lowest BCUT2D eigenvalue weighted by molar-refractivity contribution is -0.121. The molecule has 4 aromatic carbocycles. The molecule has 0 aliphatic rings. The molecule has 0 saturated heterocycles. The Kier molecular flexibility index (Phi) is 5.74. The molecule has 5 aromatic rings. The number of fused-ring (bicyclic) bond motifs is 2. The molecule has 5 rings (SSSR count). The van der Waals surface area contributed by atoms with Crippen LogP contribution >= 0.6 is 0 Å². The third-order valence-electron chi connectivity index (χ3n) is 5.85. The lowest BCUT2D eigenvalue weighted by Crippen LogP contribution is -2.32. The number of nitrogens with one attached hydrogen (secondary N) is 1. The molecule has 0 aliphatic heterocycles. The van der Waals surface area contributed by atoms with Gasteiger partial charge in [-0.25, -0.2) is 4.68 Å². The Morgan fingerprint density at radius 1 is 0.882 bits per heavy atom. The molecular weight excluding hydrogens is 428 g/mol. The van der Waals surface area contributed by atoms with Gasteiger partial charge in [-0.15, -0.1) is 5.10 Å². The van der Waals surface area contributed by atoms with Crippen molar-refractivity contribution in [3.05, 3.63) is 112 Å². The number of nitrogens with zero attached hydrogens (tertiary/aromatic N) is 3. The van der Waals surface area contributed by atoms with Crippen LogP contribution in [-0.2, 0) is 11.3 Å². The summed E-state index contributed by atoms with van der Waals surface area (Å²) in [5.41, 5.74) is 1.69. The number of phenolic OH excluding ortho intramolecular Hbond substituents is 1. The van der Waals surface area contributed by atoms with Crippen LogP contribution in [0.2, 0.25) is 0 Å². The van der Waals surface area contributed by atoms with Crippen LogP contribution in [0.5, 0.6) is 5.75 Å². The summed E-state index contributed by atoms with van der Waals surface area (Å²) in [6.07, 6.45) is 0.0296. The zero-order valence-corrected chi connectivity index (χ0v) is 18.3. The molecule has 7 nitrogen and oxygen atoms in total. The fraction of sp³-hybridized carbons (Fsp3) is 0.111. The molecule has 0 aliphatic carbocycles. The molecule has 0 saturated carbocycles. The summed E-state index contributed by atoms with van der Waals surface area (Å²) in [5.74, 6) is -0.174. The minimum absolute atomic E-state index is 0.0296. The van der Waals surface area contributed by atoms with Crippen molar-refractivity contribution in [3.8, 4) is 5.75 Å². The van der Waals surface area contributed by atoms with E-state index in [-0.39, 0.29) is 30.2 Å². The van der Waals surface area contributed by atoms with Gasteiger partial charge in [0.1, 0.15) is 11.3 Å². The molecule has 1 aromatic heterocycles. The molecule has 168 valence electrons. The zero-order chi connectivity index (χ0) is 23.5. The van der Waals surface area contributed by atoms with E-state index in [2.05, 4.69) is 15.6 Å². The van der Waals surface area contributed by atoms with Crippen molar-refractivity contribution in [2.75, 3.05) is 0 Å². The van der Waals surface area contributed by atoms with Gasteiger partial charge in [-0.1, -0.05) is 78.0 Å². The maximum absolute atomic E-state index is 13.0. The summed E-state index contributed by atoms with van der Waals surface area (Å²) >= 11 is 0. The number of aromatic nitrogens is 3. The van der Waals surface area contributed by atoms with Gasteiger partial charge in [0.05, 0.1) is 18.0 Å². The Bertz CT molecular complexity index is 1550. The summed E-state index contributed by atoms with van der Waals surface area (Å²) in [6, 6.07) is 27.1. The van der Waals surface area contributed by atoms with E-state index in [0.717, 1.165) is 16.3 Å². The Morgan fingerprint density at radius 3 is 2.41 bits per heavy atom. The van der Waals surface area contributed by atoms with E-state index in [9.17, 15) is 14.7 Å². The lowest BCUT2D eigenvalue weighted by Gasteiger charge is -2.22. The van der Waals surface area contributed by atoms with Gasteiger partial charge in [-0.2, -0.15) is 0 Å². The van der Waals surface area contributed by atoms with Gasteiger partial charge >= 0.3 is 0 Å². The Balaban J connectivity index is 1.44. The summed E-state index contributed by atoms with van der Waals surface area (Å²) in [7, 11) is 0. The van der Waals surface area contributed by atoms with Crippen LogP contribution in [-0.4, -0.2) is 26.0 Å². The average molecular weight is 450 g/mol. The number of amides is 1. The van der Waals surface area contributed by atoms with Gasteiger partial charge in [0.25, 0.3) is 5.56 Å². The van der Waals surface area contributed by atoms with E-state index in [1.165, 1.54) is 4.68 Å². The highest BCUT2D eigenvalue weighted by Gasteiger charge is 2.22. The highest BCUT2D eigenvalue weighted by atomic mass is 16.3. The number of hydrogen-bond donors (Lipinski definition) is 2. The molecule has 0 fully saturated rings. The number of phenols is 1. The van der Waals surface area contributed by atoms with Crippen molar-refractivity contribution >= 4 is 27.6 Å². The van der Waals surface area contributed by atoms with Gasteiger partial charge in [-0.05, 0) is 34.5 Å². The van der Waals surface area contributed by atoms with Crippen LogP contribution in [0.3, 0.4) is 0 Å². The second kappa shape index (κ2) is 9.15. The largest absolute Gasteiger partial charge is 0.508 e. The number of rotatable bonds is 6. The Labute approximate surface area is 195 Å². The second-order valence-electron chi connectivity index (χ2n) is 8.02. The van der Waals surface area contributed by atoms with E-state index in [1.54, 1.807) is 30.3 Å². The van der Waals surface area contributed by atoms with Crippen LogP contribution < -0.4 is 10.9 Å². The Morgan fingerprint density at radius 2 is 1.59 bits per heavy atom. The predicted molar refractivity (Wildman–Crippen MR) is 130 cm³/mol. The van der Waals surface area contributed by atoms with Gasteiger partial charge in [-0.3, -0.25) is 9.59 Å². The molecule has 1 atom stereocenters. The highest BCUT2D eigenvalue weighted by molar-refractivity contribution is 5.89. The summed E-state index contributed by atoms with van der Waals surface area (Å²) in [4.78, 5) is 25.7. The first-order valence-corrected chi connectivity index (χ1v) is 11.0. The van der Waals surface area contributed by atoms with Gasteiger partial charge in [0.15, 0.2) is 0 Å². The summed E-state index contributed by atoms with van der Waals surface area (Å²) < 4.78 is 1.20. The zero-order valence-electron chi connectivity index (χ0n) is 18.3. The first kappa shape index (κ1) is 21.3. The molecule has 0 bridgehead atoms. The first-order chi connectivity index (χ1) is 16.6. The van der Waals surface area contributed by atoms with E-state index in [4.69, 9.17) is 0 Å². The quantitative estimate of drug-likeness (QED) is 0.408.